The highest BCUT2D eigenvalue weighted by atomic mass is 19.3. The number of benzene rings is 1. The van der Waals surface area contributed by atoms with Gasteiger partial charge >= 0.3 is 12.6 Å². The third kappa shape index (κ3) is 7.41. The maximum atomic E-state index is 13.9. The second-order valence-corrected chi connectivity index (χ2v) is 11.6. The lowest BCUT2D eigenvalue weighted by atomic mass is 9.60. The van der Waals surface area contributed by atoms with Crippen LogP contribution in [-0.4, -0.2) is 12.6 Å². The van der Waals surface area contributed by atoms with Gasteiger partial charge in [-0.2, -0.15) is 8.78 Å². The first-order chi connectivity index (χ1) is 17.4. The number of rotatable bonds is 10. The maximum absolute atomic E-state index is 13.9. The highest BCUT2D eigenvalue weighted by Crippen LogP contribution is 2.49. The Hall–Kier alpha value is -1.72. The summed E-state index contributed by atoms with van der Waals surface area (Å²) in [5.74, 6) is 2.28. The van der Waals surface area contributed by atoms with Gasteiger partial charge in [-0.1, -0.05) is 45.4 Å². The van der Waals surface area contributed by atoms with E-state index < -0.39 is 18.2 Å². The molecule has 3 fully saturated rings. The zero-order valence-electron chi connectivity index (χ0n) is 21.7. The van der Waals surface area contributed by atoms with Gasteiger partial charge < -0.3 is 9.47 Å². The van der Waals surface area contributed by atoms with Crippen LogP contribution in [0.5, 0.6) is 11.5 Å². The van der Waals surface area contributed by atoms with E-state index in [2.05, 4.69) is 11.7 Å². The summed E-state index contributed by atoms with van der Waals surface area (Å²) >= 11 is 0. The van der Waals surface area contributed by atoms with E-state index >= 15 is 0 Å². The number of esters is 1. The van der Waals surface area contributed by atoms with Gasteiger partial charge in [0.25, 0.3) is 0 Å². The summed E-state index contributed by atoms with van der Waals surface area (Å²) in [6.45, 7) is -0.823. The number of ether oxygens (including phenoxy) is 2. The van der Waals surface area contributed by atoms with E-state index in [-0.39, 0.29) is 17.6 Å². The average molecular weight is 509 g/mol. The molecule has 1 aromatic carbocycles. The van der Waals surface area contributed by atoms with E-state index in [9.17, 15) is 18.0 Å². The van der Waals surface area contributed by atoms with Crippen LogP contribution in [-0.2, 0) is 4.79 Å². The van der Waals surface area contributed by atoms with E-state index in [1.165, 1.54) is 76.7 Å². The van der Waals surface area contributed by atoms with Crippen LogP contribution in [0.3, 0.4) is 0 Å². The van der Waals surface area contributed by atoms with Crippen molar-refractivity contribution in [1.29, 1.82) is 0 Å². The van der Waals surface area contributed by atoms with E-state index in [0.29, 0.717) is 5.92 Å². The Bertz CT molecular complexity index is 837. The largest absolute Gasteiger partial charge is 0.432 e. The van der Waals surface area contributed by atoms with E-state index in [4.69, 9.17) is 4.74 Å². The van der Waals surface area contributed by atoms with Gasteiger partial charge in [-0.25, -0.2) is 4.39 Å². The smallest absolute Gasteiger partial charge is 0.387 e. The normalized spacial score (nSPS) is 30.6. The molecular weight excluding hydrogens is 465 g/mol. The van der Waals surface area contributed by atoms with Crippen molar-refractivity contribution in [3.8, 4) is 11.5 Å². The minimum atomic E-state index is -3.10. The number of alkyl halides is 2. The van der Waals surface area contributed by atoms with Crippen molar-refractivity contribution in [2.24, 2.45) is 35.5 Å². The van der Waals surface area contributed by atoms with Crippen LogP contribution in [0.1, 0.15) is 103 Å². The lowest BCUT2D eigenvalue weighted by Gasteiger charge is -2.45. The number of hydrogen-bond acceptors (Lipinski definition) is 3. The van der Waals surface area contributed by atoms with Gasteiger partial charge in [0.15, 0.2) is 11.6 Å². The standard InChI is InChI=1S/C30H43F3O3/c1-2-3-4-5-6-20-7-8-25-18-24(14-13-23(25)17-20)21-9-11-22(12-10-21)29(34)35-26-15-16-28(27(31)19-26)36-30(32)33/h15-16,19-25,30H,2-14,17-18H2,1H3. The molecule has 0 saturated heterocycles. The Morgan fingerprint density at radius 3 is 2.25 bits per heavy atom. The second-order valence-electron chi connectivity index (χ2n) is 11.6. The lowest BCUT2D eigenvalue weighted by molar-refractivity contribution is -0.140. The first kappa shape index (κ1) is 27.3. The first-order valence-electron chi connectivity index (χ1n) is 14.4. The lowest BCUT2D eigenvalue weighted by Crippen LogP contribution is -2.35. The second kappa shape index (κ2) is 13.2. The number of hydrogen-bond donors (Lipinski definition) is 0. The third-order valence-corrected chi connectivity index (χ3v) is 9.34. The summed E-state index contributed by atoms with van der Waals surface area (Å²) in [5, 5.41) is 0. The van der Waals surface area contributed by atoms with Crippen molar-refractivity contribution < 1.29 is 27.4 Å². The zero-order chi connectivity index (χ0) is 25.5. The van der Waals surface area contributed by atoms with Crippen molar-refractivity contribution in [1.82, 2.24) is 0 Å². The average Bonchev–Trinajstić information content (AvgIpc) is 2.88. The molecule has 6 heteroatoms. The van der Waals surface area contributed by atoms with Gasteiger partial charge in [0.2, 0.25) is 0 Å². The van der Waals surface area contributed by atoms with Crippen LogP contribution in [0.25, 0.3) is 0 Å². The predicted octanol–water partition coefficient (Wildman–Crippen LogP) is 8.94. The van der Waals surface area contributed by atoms with E-state index in [1.807, 2.05) is 0 Å². The number of unbranched alkanes of at least 4 members (excludes halogenated alkanes) is 3. The summed E-state index contributed by atoms with van der Waals surface area (Å²) in [6.07, 6.45) is 19.1. The van der Waals surface area contributed by atoms with Gasteiger partial charge in [-0.3, -0.25) is 4.79 Å². The minimum absolute atomic E-state index is 0.0283. The molecule has 3 saturated carbocycles. The summed E-state index contributed by atoms with van der Waals surface area (Å²) in [7, 11) is 0. The van der Waals surface area contributed by atoms with Gasteiger partial charge in [0.1, 0.15) is 5.75 Å². The molecule has 0 aromatic heterocycles. The Balaban J connectivity index is 1.19. The molecule has 0 N–H and O–H groups in total. The molecule has 0 spiro atoms. The molecule has 0 bridgehead atoms. The van der Waals surface area contributed by atoms with Crippen molar-refractivity contribution in [2.75, 3.05) is 0 Å². The topological polar surface area (TPSA) is 35.5 Å². The number of carbonyl (C=O) groups is 1. The Morgan fingerprint density at radius 2 is 1.56 bits per heavy atom. The molecule has 0 radical (unpaired) electrons. The summed E-state index contributed by atoms with van der Waals surface area (Å²) in [6, 6.07) is 3.29. The predicted molar refractivity (Wildman–Crippen MR) is 135 cm³/mol. The Morgan fingerprint density at radius 1 is 0.889 bits per heavy atom. The van der Waals surface area contributed by atoms with Crippen molar-refractivity contribution in [3.63, 3.8) is 0 Å². The highest BCUT2D eigenvalue weighted by Gasteiger charge is 2.39. The zero-order valence-corrected chi connectivity index (χ0v) is 21.7. The highest BCUT2D eigenvalue weighted by molar-refractivity contribution is 5.75. The Labute approximate surface area is 214 Å². The van der Waals surface area contributed by atoms with Gasteiger partial charge in [-0.15, -0.1) is 0 Å². The quantitative estimate of drug-likeness (QED) is 0.180. The fourth-order valence-corrected chi connectivity index (χ4v) is 7.34. The van der Waals surface area contributed by atoms with Crippen LogP contribution in [0.2, 0.25) is 0 Å². The first-order valence-corrected chi connectivity index (χ1v) is 14.4. The van der Waals surface area contributed by atoms with Crippen LogP contribution >= 0.6 is 0 Å². The fourth-order valence-electron chi connectivity index (χ4n) is 7.34. The molecule has 0 heterocycles. The van der Waals surface area contributed by atoms with Gasteiger partial charge in [0, 0.05) is 6.07 Å². The number of carbonyl (C=O) groups excluding carboxylic acids is 1. The van der Waals surface area contributed by atoms with Crippen molar-refractivity contribution >= 4 is 5.97 Å². The minimum Gasteiger partial charge on any atom is -0.432 e. The SMILES string of the molecule is CCCCCCC1CCC2CC(C3CCC(C(=O)Oc4ccc(OC(F)F)c(F)c4)CC3)CCC2C1. The molecule has 3 aliphatic rings. The molecule has 1 aromatic rings. The molecular formula is C30H43F3O3. The molecule has 36 heavy (non-hydrogen) atoms. The third-order valence-electron chi connectivity index (χ3n) is 9.34. The summed E-state index contributed by atoms with van der Waals surface area (Å²) in [4.78, 5) is 12.7. The fraction of sp³-hybridized carbons (Fsp3) is 0.767. The molecule has 0 amide bonds. The molecule has 4 atom stereocenters. The van der Waals surface area contributed by atoms with E-state index in [1.54, 1.807) is 0 Å². The van der Waals surface area contributed by atoms with Crippen molar-refractivity contribution in [3.05, 3.63) is 24.0 Å². The summed E-state index contributed by atoms with van der Waals surface area (Å²) < 4.78 is 48.0. The van der Waals surface area contributed by atoms with Crippen LogP contribution in [0, 0.1) is 41.3 Å². The van der Waals surface area contributed by atoms with Crippen LogP contribution in [0.4, 0.5) is 13.2 Å². The number of halogens is 3. The molecule has 3 nitrogen and oxygen atoms in total. The summed E-state index contributed by atoms with van der Waals surface area (Å²) in [5.41, 5.74) is 0. The van der Waals surface area contributed by atoms with E-state index in [0.717, 1.165) is 61.5 Å². The molecule has 202 valence electrons. The number of fused-ring (bicyclic) bond motifs is 1. The maximum Gasteiger partial charge on any atom is 0.387 e. The van der Waals surface area contributed by atoms with Gasteiger partial charge in [-0.05, 0) is 99.5 Å². The Kier molecular flexibility index (Phi) is 10.0. The monoisotopic (exact) mass is 508 g/mol. The molecule has 4 unspecified atom stereocenters. The molecule has 4 rings (SSSR count). The van der Waals surface area contributed by atoms with Crippen molar-refractivity contribution in [2.45, 2.75) is 110 Å². The molecule has 3 aliphatic carbocycles. The van der Waals surface area contributed by atoms with Gasteiger partial charge in [0.05, 0.1) is 5.92 Å². The molecule has 0 aliphatic heterocycles. The van der Waals surface area contributed by atoms with Crippen LogP contribution in [0.15, 0.2) is 18.2 Å². The van der Waals surface area contributed by atoms with Crippen LogP contribution < -0.4 is 9.47 Å².